The molecule has 1 atom stereocenters. The van der Waals surface area contributed by atoms with E-state index in [0.717, 1.165) is 49.9 Å². The first-order chi connectivity index (χ1) is 14.1. The molecule has 4 heteroatoms. The molecule has 29 heavy (non-hydrogen) atoms. The lowest BCUT2D eigenvalue weighted by molar-refractivity contribution is -0.146. The third kappa shape index (κ3) is 4.80. The molecule has 1 aromatic heterocycles. The predicted molar refractivity (Wildman–Crippen MR) is 115 cm³/mol. The lowest BCUT2D eigenvalue weighted by Crippen LogP contribution is -2.25. The Balaban J connectivity index is 1.77. The van der Waals surface area contributed by atoms with Crippen LogP contribution >= 0.6 is 0 Å². The Morgan fingerprint density at radius 2 is 1.86 bits per heavy atom. The maximum Gasteiger partial charge on any atom is 0.314 e. The molecule has 2 heterocycles. The second-order valence-corrected chi connectivity index (χ2v) is 8.06. The Bertz CT molecular complexity index is 848. The number of ketones is 1. The minimum Gasteiger partial charge on any atom is -0.465 e. The zero-order chi connectivity index (χ0) is 20.8. The van der Waals surface area contributed by atoms with E-state index in [1.54, 1.807) is 0 Å². The van der Waals surface area contributed by atoms with Gasteiger partial charge in [0.1, 0.15) is 0 Å². The van der Waals surface area contributed by atoms with Crippen molar-refractivity contribution in [2.24, 2.45) is 0 Å². The number of unbranched alkanes of at least 4 members (excludes halogenated alkanes) is 3. The average Bonchev–Trinajstić information content (AvgIpc) is 3.08. The topological polar surface area (TPSA) is 48.3 Å². The largest absolute Gasteiger partial charge is 0.465 e. The summed E-state index contributed by atoms with van der Waals surface area (Å²) in [5.41, 5.74) is 4.50. The molecule has 4 nitrogen and oxygen atoms in total. The van der Waals surface area contributed by atoms with Gasteiger partial charge < -0.3 is 9.30 Å². The molecule has 0 fully saturated rings. The van der Waals surface area contributed by atoms with Crippen LogP contribution in [0.1, 0.15) is 91.2 Å². The number of hydrogen-bond donors (Lipinski definition) is 0. The van der Waals surface area contributed by atoms with Gasteiger partial charge in [-0.1, -0.05) is 57.4 Å². The van der Waals surface area contributed by atoms with Crippen LogP contribution in [0.15, 0.2) is 30.3 Å². The number of ether oxygens (including phenoxy) is 1. The number of carbonyl (C=O) groups excluding carboxylic acids is 2. The molecule has 2 aromatic rings. The zero-order valence-electron chi connectivity index (χ0n) is 18.0. The van der Waals surface area contributed by atoms with Gasteiger partial charge in [0.2, 0.25) is 5.78 Å². The minimum absolute atomic E-state index is 0.0324. The number of fused-ring (bicyclic) bond motifs is 1. The van der Waals surface area contributed by atoms with Crippen LogP contribution in [0.3, 0.4) is 0 Å². The lowest BCUT2D eigenvalue weighted by Gasteiger charge is -2.25. The molecule has 3 rings (SSSR count). The van der Waals surface area contributed by atoms with Crippen molar-refractivity contribution in [3.8, 4) is 0 Å². The van der Waals surface area contributed by atoms with Gasteiger partial charge in [-0.05, 0) is 49.8 Å². The molecule has 1 aliphatic rings. The summed E-state index contributed by atoms with van der Waals surface area (Å²) in [6.07, 6.45) is 6.98. The van der Waals surface area contributed by atoms with Crippen LogP contribution in [0.5, 0.6) is 0 Å². The van der Waals surface area contributed by atoms with Gasteiger partial charge >= 0.3 is 5.97 Å². The molecule has 0 bridgehead atoms. The van der Waals surface area contributed by atoms with Gasteiger partial charge in [0, 0.05) is 17.8 Å². The summed E-state index contributed by atoms with van der Waals surface area (Å²) < 4.78 is 7.62. The van der Waals surface area contributed by atoms with Crippen molar-refractivity contribution in [3.05, 3.63) is 58.4 Å². The molecular formula is C25H33NO3. The van der Waals surface area contributed by atoms with Gasteiger partial charge in [0.25, 0.3) is 0 Å². The molecule has 0 radical (unpaired) electrons. The molecule has 1 aliphatic heterocycles. The summed E-state index contributed by atoms with van der Waals surface area (Å²) in [5.74, 6) is -0.381. The Labute approximate surface area is 174 Å². The van der Waals surface area contributed by atoms with Crippen LogP contribution in [-0.2, 0) is 22.5 Å². The van der Waals surface area contributed by atoms with Crippen molar-refractivity contribution in [3.63, 3.8) is 0 Å². The number of rotatable bonds is 9. The van der Waals surface area contributed by atoms with Crippen LogP contribution < -0.4 is 0 Å². The zero-order valence-corrected chi connectivity index (χ0v) is 18.0. The summed E-state index contributed by atoms with van der Waals surface area (Å²) in [6.45, 7) is 7.50. The highest BCUT2D eigenvalue weighted by Gasteiger charge is 2.32. The van der Waals surface area contributed by atoms with Gasteiger partial charge in [0.05, 0.1) is 18.2 Å². The van der Waals surface area contributed by atoms with Gasteiger partial charge in [-0.15, -0.1) is 0 Å². The Hall–Kier alpha value is -2.36. The fourth-order valence-corrected chi connectivity index (χ4v) is 4.21. The van der Waals surface area contributed by atoms with Crippen LogP contribution in [0, 0.1) is 6.92 Å². The number of aromatic nitrogens is 1. The summed E-state index contributed by atoms with van der Waals surface area (Å²) >= 11 is 0. The van der Waals surface area contributed by atoms with E-state index in [-0.39, 0.29) is 17.7 Å². The third-order valence-corrected chi connectivity index (χ3v) is 5.92. The molecule has 0 saturated heterocycles. The second kappa shape index (κ2) is 9.91. The first-order valence-corrected chi connectivity index (χ1v) is 11.1. The molecule has 1 aromatic carbocycles. The van der Waals surface area contributed by atoms with Gasteiger partial charge in [0.15, 0.2) is 0 Å². The molecule has 0 amide bonds. The maximum absolute atomic E-state index is 13.2. The van der Waals surface area contributed by atoms with E-state index in [1.165, 1.54) is 18.4 Å². The number of esters is 1. The highest BCUT2D eigenvalue weighted by molar-refractivity contribution is 6.09. The van der Waals surface area contributed by atoms with E-state index in [2.05, 4.69) is 18.4 Å². The van der Waals surface area contributed by atoms with Crippen molar-refractivity contribution >= 4 is 11.8 Å². The lowest BCUT2D eigenvalue weighted by atomic mass is 9.96. The number of hydrogen-bond acceptors (Lipinski definition) is 3. The monoisotopic (exact) mass is 395 g/mol. The maximum atomic E-state index is 13.2. The standard InChI is InChI=1S/C25H33NO3/c1-4-6-7-8-16-29-25(28)21-10-9-15-26-22(21)17-18(3)23(26)24(27)20-13-11-19(5-2)12-14-20/h11-14,17,21H,4-10,15-16H2,1-3H3. The highest BCUT2D eigenvalue weighted by Crippen LogP contribution is 2.33. The first-order valence-electron chi connectivity index (χ1n) is 11.1. The molecular weight excluding hydrogens is 362 g/mol. The Morgan fingerprint density at radius 1 is 1.10 bits per heavy atom. The summed E-state index contributed by atoms with van der Waals surface area (Å²) in [6, 6.07) is 9.86. The Kier molecular flexibility index (Phi) is 7.29. The normalized spacial score (nSPS) is 15.8. The quantitative estimate of drug-likeness (QED) is 0.316. The van der Waals surface area contributed by atoms with E-state index in [4.69, 9.17) is 4.74 Å². The van der Waals surface area contributed by atoms with Gasteiger partial charge in [-0.3, -0.25) is 9.59 Å². The van der Waals surface area contributed by atoms with Crippen LogP contribution in [0.25, 0.3) is 0 Å². The smallest absolute Gasteiger partial charge is 0.314 e. The average molecular weight is 396 g/mol. The molecule has 1 unspecified atom stereocenters. The third-order valence-electron chi connectivity index (χ3n) is 5.92. The van der Waals surface area contributed by atoms with Gasteiger partial charge in [-0.25, -0.2) is 0 Å². The molecule has 0 spiro atoms. The Morgan fingerprint density at radius 3 is 2.55 bits per heavy atom. The van der Waals surface area contributed by atoms with Crippen molar-refractivity contribution in [2.45, 2.75) is 78.2 Å². The van der Waals surface area contributed by atoms with Crippen molar-refractivity contribution in [2.75, 3.05) is 6.61 Å². The first kappa shape index (κ1) is 21.4. The fourth-order valence-electron chi connectivity index (χ4n) is 4.21. The second-order valence-electron chi connectivity index (χ2n) is 8.06. The SMILES string of the molecule is CCCCCCOC(=O)C1CCCn2c1cc(C)c2C(=O)c1ccc(CC)cc1. The summed E-state index contributed by atoms with van der Waals surface area (Å²) in [7, 11) is 0. The highest BCUT2D eigenvalue weighted by atomic mass is 16.5. The van der Waals surface area contributed by atoms with E-state index in [0.29, 0.717) is 17.9 Å². The number of benzene rings is 1. The van der Waals surface area contributed by atoms with Crippen LogP contribution in [-0.4, -0.2) is 22.9 Å². The fraction of sp³-hybridized carbons (Fsp3) is 0.520. The van der Waals surface area contributed by atoms with E-state index < -0.39 is 0 Å². The number of carbonyl (C=O) groups is 2. The molecule has 0 saturated carbocycles. The molecule has 0 aliphatic carbocycles. The van der Waals surface area contributed by atoms with E-state index in [9.17, 15) is 9.59 Å². The minimum atomic E-state index is -0.266. The van der Waals surface area contributed by atoms with Crippen LogP contribution in [0.2, 0.25) is 0 Å². The van der Waals surface area contributed by atoms with E-state index >= 15 is 0 Å². The molecule has 156 valence electrons. The molecule has 0 N–H and O–H groups in total. The van der Waals surface area contributed by atoms with Crippen molar-refractivity contribution in [1.82, 2.24) is 4.57 Å². The number of aryl methyl sites for hydroxylation is 2. The predicted octanol–water partition coefficient (Wildman–Crippen LogP) is 5.59. The summed E-state index contributed by atoms with van der Waals surface area (Å²) in [4.78, 5) is 25.9. The van der Waals surface area contributed by atoms with Crippen molar-refractivity contribution in [1.29, 1.82) is 0 Å². The van der Waals surface area contributed by atoms with E-state index in [1.807, 2.05) is 37.3 Å². The van der Waals surface area contributed by atoms with Crippen LogP contribution in [0.4, 0.5) is 0 Å². The number of nitrogens with zero attached hydrogens (tertiary/aromatic N) is 1. The van der Waals surface area contributed by atoms with Gasteiger partial charge in [-0.2, -0.15) is 0 Å². The van der Waals surface area contributed by atoms with Crippen molar-refractivity contribution < 1.29 is 14.3 Å². The summed E-state index contributed by atoms with van der Waals surface area (Å²) in [5, 5.41) is 0.